The summed E-state index contributed by atoms with van der Waals surface area (Å²) in [7, 11) is 0. The largest absolute Gasteiger partial charge is 0.339 e. The Balaban J connectivity index is 1.83. The number of hydrogen-bond donors (Lipinski definition) is 2. The van der Waals surface area contributed by atoms with Gasteiger partial charge in [-0.1, -0.05) is 29.3 Å². The van der Waals surface area contributed by atoms with E-state index in [-0.39, 0.29) is 5.78 Å². The first-order chi connectivity index (χ1) is 12.4. The van der Waals surface area contributed by atoms with Crippen LogP contribution in [0.3, 0.4) is 0 Å². The van der Waals surface area contributed by atoms with Crippen molar-refractivity contribution in [2.75, 3.05) is 10.6 Å². The van der Waals surface area contributed by atoms with E-state index in [2.05, 4.69) is 20.6 Å². The molecular formula is C19H16Cl2N4O. The van der Waals surface area contributed by atoms with Gasteiger partial charge in [-0.05, 0) is 50.2 Å². The van der Waals surface area contributed by atoms with Crippen LogP contribution in [0.1, 0.15) is 23.0 Å². The lowest BCUT2D eigenvalue weighted by Crippen LogP contribution is -2.03. The van der Waals surface area contributed by atoms with E-state index in [9.17, 15) is 4.79 Å². The molecule has 0 unspecified atom stereocenters. The van der Waals surface area contributed by atoms with Gasteiger partial charge in [-0.3, -0.25) is 4.79 Å². The quantitative estimate of drug-likeness (QED) is 0.543. The van der Waals surface area contributed by atoms with E-state index >= 15 is 0 Å². The van der Waals surface area contributed by atoms with Gasteiger partial charge in [-0.15, -0.1) is 0 Å². The fraction of sp³-hybridized carbons (Fsp3) is 0.105. The van der Waals surface area contributed by atoms with Crippen LogP contribution in [0.5, 0.6) is 0 Å². The van der Waals surface area contributed by atoms with Crippen LogP contribution < -0.4 is 10.6 Å². The Morgan fingerprint density at radius 3 is 2.42 bits per heavy atom. The number of benzene rings is 2. The molecule has 5 nitrogen and oxygen atoms in total. The predicted molar refractivity (Wildman–Crippen MR) is 106 cm³/mol. The Morgan fingerprint density at radius 2 is 1.73 bits per heavy atom. The van der Waals surface area contributed by atoms with Crippen molar-refractivity contribution in [1.29, 1.82) is 0 Å². The van der Waals surface area contributed by atoms with Crippen molar-refractivity contribution in [1.82, 2.24) is 9.97 Å². The van der Waals surface area contributed by atoms with Crippen molar-refractivity contribution in [3.8, 4) is 0 Å². The normalized spacial score (nSPS) is 10.5. The molecule has 0 fully saturated rings. The van der Waals surface area contributed by atoms with Gasteiger partial charge in [0.25, 0.3) is 0 Å². The lowest BCUT2D eigenvalue weighted by Gasteiger charge is -2.11. The zero-order valence-corrected chi connectivity index (χ0v) is 15.7. The number of nitrogens with zero attached hydrogens (tertiary/aromatic N) is 2. The third kappa shape index (κ3) is 4.31. The maximum Gasteiger partial charge on any atom is 0.229 e. The first-order valence-electron chi connectivity index (χ1n) is 7.87. The number of carbonyl (C=O) groups is 1. The van der Waals surface area contributed by atoms with Crippen LogP contribution in [0.2, 0.25) is 10.0 Å². The molecule has 2 aromatic carbocycles. The third-order valence-corrected chi connectivity index (χ3v) is 4.44. The third-order valence-electron chi connectivity index (χ3n) is 3.62. The molecule has 1 aromatic heterocycles. The van der Waals surface area contributed by atoms with Gasteiger partial charge in [0.05, 0.1) is 15.7 Å². The number of halogens is 2. The second-order valence-corrected chi connectivity index (χ2v) is 6.49. The highest BCUT2D eigenvalue weighted by molar-refractivity contribution is 6.43. The zero-order valence-electron chi connectivity index (χ0n) is 14.2. The monoisotopic (exact) mass is 386 g/mol. The van der Waals surface area contributed by atoms with E-state index < -0.39 is 0 Å². The molecule has 0 bridgehead atoms. The fourth-order valence-electron chi connectivity index (χ4n) is 2.34. The van der Waals surface area contributed by atoms with E-state index in [0.29, 0.717) is 33.1 Å². The highest BCUT2D eigenvalue weighted by atomic mass is 35.5. The molecule has 0 amide bonds. The number of hydrogen-bond acceptors (Lipinski definition) is 5. The Bertz CT molecular complexity index is 958. The van der Waals surface area contributed by atoms with Crippen LogP contribution in [0.4, 0.5) is 23.1 Å². The molecule has 0 aliphatic rings. The van der Waals surface area contributed by atoms with Gasteiger partial charge in [0.2, 0.25) is 5.95 Å². The molecule has 3 aromatic rings. The Hall–Kier alpha value is -2.63. The molecule has 0 spiro atoms. The van der Waals surface area contributed by atoms with E-state index in [0.717, 1.165) is 11.4 Å². The van der Waals surface area contributed by atoms with Crippen molar-refractivity contribution >= 4 is 52.1 Å². The van der Waals surface area contributed by atoms with Crippen LogP contribution in [0, 0.1) is 6.92 Å². The first kappa shape index (κ1) is 18.2. The maximum atomic E-state index is 11.4. The summed E-state index contributed by atoms with van der Waals surface area (Å²) < 4.78 is 0. The molecule has 132 valence electrons. The molecule has 0 saturated heterocycles. The minimum Gasteiger partial charge on any atom is -0.339 e. The molecule has 26 heavy (non-hydrogen) atoms. The van der Waals surface area contributed by atoms with Gasteiger partial charge in [0, 0.05) is 23.0 Å². The first-order valence-corrected chi connectivity index (χ1v) is 8.63. The van der Waals surface area contributed by atoms with Crippen molar-refractivity contribution in [2.24, 2.45) is 0 Å². The van der Waals surface area contributed by atoms with E-state index in [1.807, 2.05) is 25.1 Å². The number of aryl methyl sites for hydroxylation is 1. The second kappa shape index (κ2) is 7.72. The van der Waals surface area contributed by atoms with Crippen LogP contribution >= 0.6 is 23.2 Å². The summed E-state index contributed by atoms with van der Waals surface area (Å²) in [5.41, 5.74) is 2.88. The Kier molecular flexibility index (Phi) is 5.40. The standard InChI is InChI=1S/C19H16Cl2N4O/c1-11-10-17(24-16-5-3-4-15(20)18(16)21)25-19(22-11)23-14-8-6-13(7-9-14)12(2)26/h3-10H,1-2H3,(H2,22,23,24,25). The zero-order chi connectivity index (χ0) is 18.7. The molecule has 0 aliphatic heterocycles. The van der Waals surface area contributed by atoms with Crippen LogP contribution in [-0.4, -0.2) is 15.8 Å². The molecule has 3 rings (SSSR count). The highest BCUT2D eigenvalue weighted by Crippen LogP contribution is 2.31. The summed E-state index contributed by atoms with van der Waals surface area (Å²) >= 11 is 12.3. The Labute approximate surface area is 161 Å². The minimum atomic E-state index is 0.0215. The Morgan fingerprint density at radius 1 is 1.00 bits per heavy atom. The molecule has 0 aliphatic carbocycles. The molecule has 0 radical (unpaired) electrons. The molecule has 0 saturated carbocycles. The summed E-state index contributed by atoms with van der Waals surface area (Å²) in [5.74, 6) is 1.04. The van der Waals surface area contributed by atoms with Gasteiger partial charge in [-0.25, -0.2) is 4.98 Å². The molecule has 0 atom stereocenters. The van der Waals surface area contributed by atoms with E-state index in [1.54, 1.807) is 30.3 Å². The lowest BCUT2D eigenvalue weighted by molar-refractivity contribution is 0.101. The van der Waals surface area contributed by atoms with Gasteiger partial charge in [0.1, 0.15) is 5.82 Å². The van der Waals surface area contributed by atoms with Gasteiger partial charge in [0.15, 0.2) is 5.78 Å². The molecule has 1 heterocycles. The summed E-state index contributed by atoms with van der Waals surface area (Å²) in [5, 5.41) is 7.18. The van der Waals surface area contributed by atoms with Crippen molar-refractivity contribution in [3.63, 3.8) is 0 Å². The number of aromatic nitrogens is 2. The summed E-state index contributed by atoms with van der Waals surface area (Å²) in [6.07, 6.45) is 0. The van der Waals surface area contributed by atoms with Crippen LogP contribution in [0.15, 0.2) is 48.5 Å². The molecular weight excluding hydrogens is 371 g/mol. The topological polar surface area (TPSA) is 66.9 Å². The number of ketones is 1. The second-order valence-electron chi connectivity index (χ2n) is 5.70. The van der Waals surface area contributed by atoms with Crippen molar-refractivity contribution < 1.29 is 4.79 Å². The van der Waals surface area contributed by atoms with Gasteiger partial charge >= 0.3 is 0 Å². The van der Waals surface area contributed by atoms with Crippen molar-refractivity contribution in [3.05, 3.63) is 69.8 Å². The van der Waals surface area contributed by atoms with Crippen LogP contribution in [0.25, 0.3) is 0 Å². The lowest BCUT2D eigenvalue weighted by atomic mass is 10.1. The number of rotatable bonds is 5. The average Bonchev–Trinajstić information content (AvgIpc) is 2.59. The van der Waals surface area contributed by atoms with E-state index in [4.69, 9.17) is 23.2 Å². The summed E-state index contributed by atoms with van der Waals surface area (Å²) in [6, 6.07) is 14.3. The number of carbonyl (C=O) groups excluding carboxylic acids is 1. The SMILES string of the molecule is CC(=O)c1ccc(Nc2nc(C)cc(Nc3cccc(Cl)c3Cl)n2)cc1. The average molecular weight is 387 g/mol. The molecule has 7 heteroatoms. The molecule has 2 N–H and O–H groups in total. The maximum absolute atomic E-state index is 11.4. The number of nitrogens with one attached hydrogen (secondary N) is 2. The van der Waals surface area contributed by atoms with Crippen molar-refractivity contribution in [2.45, 2.75) is 13.8 Å². The smallest absolute Gasteiger partial charge is 0.229 e. The fourth-order valence-corrected chi connectivity index (χ4v) is 2.69. The number of anilines is 4. The van der Waals surface area contributed by atoms with Gasteiger partial charge in [-0.2, -0.15) is 4.98 Å². The number of Topliss-reactive ketones (excluding diaryl/α,β-unsaturated/α-hetero) is 1. The highest BCUT2D eigenvalue weighted by Gasteiger charge is 2.08. The van der Waals surface area contributed by atoms with E-state index in [1.165, 1.54) is 6.92 Å². The summed E-state index contributed by atoms with van der Waals surface area (Å²) in [4.78, 5) is 20.2. The summed E-state index contributed by atoms with van der Waals surface area (Å²) in [6.45, 7) is 3.40. The minimum absolute atomic E-state index is 0.0215. The van der Waals surface area contributed by atoms with Crippen LogP contribution in [-0.2, 0) is 0 Å². The van der Waals surface area contributed by atoms with Gasteiger partial charge < -0.3 is 10.6 Å². The predicted octanol–water partition coefficient (Wildman–Crippen LogP) is 5.78.